The number of hydrogen-bond acceptors (Lipinski definition) is 7. The van der Waals surface area contributed by atoms with Crippen LogP contribution < -0.4 is 0 Å². The van der Waals surface area contributed by atoms with Crippen LogP contribution in [0.4, 0.5) is 0 Å². The Morgan fingerprint density at radius 1 is 0.806 bits per heavy atom. The van der Waals surface area contributed by atoms with E-state index in [2.05, 4.69) is 81.4 Å². The molecule has 0 saturated carbocycles. The van der Waals surface area contributed by atoms with Gasteiger partial charge in [-0.2, -0.15) is 0 Å². The van der Waals surface area contributed by atoms with Gasteiger partial charge in [0.25, 0.3) is 0 Å². The Morgan fingerprint density at radius 2 is 1.23 bits per heavy atom. The van der Waals surface area contributed by atoms with E-state index in [-0.39, 0.29) is 0 Å². The lowest BCUT2D eigenvalue weighted by Crippen LogP contribution is -2.03. The molecule has 0 aromatic heterocycles. The van der Waals surface area contributed by atoms with E-state index in [0.717, 1.165) is 40.7 Å². The molecule has 0 bridgehead atoms. The van der Waals surface area contributed by atoms with E-state index < -0.39 is 11.9 Å². The summed E-state index contributed by atoms with van der Waals surface area (Å²) in [5.41, 5.74) is 0. The molecule has 2 aromatic rings. The van der Waals surface area contributed by atoms with Crippen molar-refractivity contribution in [3.63, 3.8) is 0 Å². The highest BCUT2D eigenvalue weighted by Gasteiger charge is 2.08. The van der Waals surface area contributed by atoms with E-state index in [4.69, 9.17) is 9.47 Å². The normalized spacial score (nSPS) is 10.4. The van der Waals surface area contributed by atoms with Gasteiger partial charge in [0.05, 0.1) is 0 Å². The zero-order chi connectivity index (χ0) is 22.6. The highest BCUT2D eigenvalue weighted by atomic mass is 79.9. The first-order valence-corrected chi connectivity index (χ1v) is 13.4. The van der Waals surface area contributed by atoms with Crippen LogP contribution in [0.15, 0.2) is 90.2 Å². The minimum Gasteiger partial charge on any atom is -0.462 e. The van der Waals surface area contributed by atoms with Crippen LogP contribution in [0.5, 0.6) is 0 Å². The molecular formula is C22H20Br2O4S3. The average molecular weight is 604 g/mol. The van der Waals surface area contributed by atoms with Crippen LogP contribution in [-0.4, -0.2) is 36.7 Å². The summed E-state index contributed by atoms with van der Waals surface area (Å²) in [6, 6.07) is 12.4. The maximum atomic E-state index is 11.1. The highest BCUT2D eigenvalue weighted by Crippen LogP contribution is 2.37. The van der Waals surface area contributed by atoms with Crippen LogP contribution in [0.25, 0.3) is 0 Å². The van der Waals surface area contributed by atoms with Crippen LogP contribution >= 0.6 is 67.1 Å². The number of esters is 2. The molecular weight excluding hydrogens is 584 g/mol. The molecule has 0 heterocycles. The third-order valence-corrected chi connectivity index (χ3v) is 8.44. The minimum absolute atomic E-state index is 0.341. The minimum atomic E-state index is -0.405. The fraction of sp³-hybridized carbons (Fsp3) is 0.182. The summed E-state index contributed by atoms with van der Waals surface area (Å²) in [7, 11) is 0. The predicted octanol–water partition coefficient (Wildman–Crippen LogP) is 7.01. The molecule has 0 unspecified atom stereocenters. The van der Waals surface area contributed by atoms with Crippen LogP contribution in [-0.2, 0) is 19.1 Å². The number of rotatable bonds is 12. The summed E-state index contributed by atoms with van der Waals surface area (Å²) in [5.74, 6) is 0.531. The number of carbonyl (C=O) groups is 2. The smallest absolute Gasteiger partial charge is 0.330 e. The summed E-state index contributed by atoms with van der Waals surface area (Å²) in [6.07, 6.45) is 2.33. The molecule has 0 radical (unpaired) electrons. The van der Waals surface area contributed by atoms with Gasteiger partial charge < -0.3 is 9.47 Å². The molecule has 4 nitrogen and oxygen atoms in total. The molecule has 0 saturated heterocycles. The quantitative estimate of drug-likeness (QED) is 0.112. The van der Waals surface area contributed by atoms with E-state index in [1.165, 1.54) is 0 Å². The first-order chi connectivity index (χ1) is 14.9. The van der Waals surface area contributed by atoms with Crippen molar-refractivity contribution in [1.82, 2.24) is 0 Å². The summed E-state index contributed by atoms with van der Waals surface area (Å²) in [4.78, 5) is 26.5. The first kappa shape index (κ1) is 26.1. The highest BCUT2D eigenvalue weighted by molar-refractivity contribution is 9.10. The van der Waals surface area contributed by atoms with Crippen molar-refractivity contribution < 1.29 is 19.1 Å². The van der Waals surface area contributed by atoms with Gasteiger partial charge in [0, 0.05) is 52.2 Å². The van der Waals surface area contributed by atoms with Gasteiger partial charge in [-0.25, -0.2) is 9.59 Å². The Hall–Kier alpha value is -1.13. The van der Waals surface area contributed by atoms with Gasteiger partial charge in [-0.3, -0.25) is 0 Å². The van der Waals surface area contributed by atoms with Crippen molar-refractivity contribution in [2.45, 2.75) is 19.6 Å². The maximum Gasteiger partial charge on any atom is 0.330 e. The van der Waals surface area contributed by atoms with E-state index in [1.54, 1.807) is 35.3 Å². The SMILES string of the molecule is C=CC(=O)OCCSc1ccc(Sc2ccc(SCCOC(=O)C=C)c(Br)c2)cc1Br. The fourth-order valence-electron chi connectivity index (χ4n) is 2.17. The summed E-state index contributed by atoms with van der Waals surface area (Å²) >= 11 is 12.1. The third kappa shape index (κ3) is 9.49. The van der Waals surface area contributed by atoms with E-state index >= 15 is 0 Å². The maximum absolute atomic E-state index is 11.1. The molecule has 0 atom stereocenters. The number of ether oxygens (including phenoxy) is 2. The van der Waals surface area contributed by atoms with Gasteiger partial charge in [-0.15, -0.1) is 23.5 Å². The number of carbonyl (C=O) groups excluding carboxylic acids is 2. The largest absolute Gasteiger partial charge is 0.462 e. The van der Waals surface area contributed by atoms with Crippen LogP contribution in [0.2, 0.25) is 0 Å². The number of hydrogen-bond donors (Lipinski definition) is 0. The van der Waals surface area contributed by atoms with E-state index in [9.17, 15) is 9.59 Å². The first-order valence-electron chi connectivity index (χ1n) is 9.04. The Bertz CT molecular complexity index is 875. The van der Waals surface area contributed by atoms with E-state index in [0.29, 0.717) is 24.7 Å². The molecule has 0 N–H and O–H groups in total. The lowest BCUT2D eigenvalue weighted by Gasteiger charge is -2.09. The monoisotopic (exact) mass is 602 g/mol. The number of halogens is 2. The molecule has 0 spiro atoms. The zero-order valence-electron chi connectivity index (χ0n) is 16.5. The van der Waals surface area contributed by atoms with Crippen molar-refractivity contribution >= 4 is 79.1 Å². The van der Waals surface area contributed by atoms with Crippen molar-refractivity contribution in [3.8, 4) is 0 Å². The molecule has 2 aromatic carbocycles. The summed E-state index contributed by atoms with van der Waals surface area (Å²) in [6.45, 7) is 7.43. The van der Waals surface area contributed by atoms with Crippen LogP contribution in [0.3, 0.4) is 0 Å². The lowest BCUT2D eigenvalue weighted by atomic mass is 10.4. The predicted molar refractivity (Wildman–Crippen MR) is 136 cm³/mol. The van der Waals surface area contributed by atoms with E-state index in [1.807, 2.05) is 0 Å². The number of benzene rings is 2. The van der Waals surface area contributed by atoms with Gasteiger partial charge in [0.15, 0.2) is 0 Å². The topological polar surface area (TPSA) is 52.6 Å². The van der Waals surface area contributed by atoms with Gasteiger partial charge in [0.1, 0.15) is 13.2 Å². The molecule has 9 heteroatoms. The zero-order valence-corrected chi connectivity index (χ0v) is 22.1. The fourth-order valence-corrected chi connectivity index (χ4v) is 6.31. The second-order valence-corrected chi connectivity index (χ2v) is 10.9. The van der Waals surface area contributed by atoms with Crippen LogP contribution in [0, 0.1) is 0 Å². The Morgan fingerprint density at radius 3 is 1.58 bits per heavy atom. The molecule has 0 amide bonds. The van der Waals surface area contributed by atoms with Crippen molar-refractivity contribution in [3.05, 3.63) is 70.7 Å². The molecule has 0 aliphatic carbocycles. The van der Waals surface area contributed by atoms with Gasteiger partial charge in [0.2, 0.25) is 0 Å². The second-order valence-electron chi connectivity index (χ2n) is 5.73. The standard InChI is InChI=1S/C22H20Br2O4S3/c1-3-21(25)27-9-11-29-19-7-5-15(13-17(19)23)31-16-6-8-20(18(24)14-16)30-12-10-28-22(26)4-2/h3-8,13-14H,1-2,9-12H2. The van der Waals surface area contributed by atoms with Crippen molar-refractivity contribution in [2.24, 2.45) is 0 Å². The molecule has 2 rings (SSSR count). The van der Waals surface area contributed by atoms with Gasteiger partial charge in [-0.1, -0.05) is 24.9 Å². The molecule has 0 aliphatic rings. The van der Waals surface area contributed by atoms with Gasteiger partial charge in [-0.05, 0) is 68.3 Å². The summed E-state index contributed by atoms with van der Waals surface area (Å²) in [5, 5.41) is 0. The average Bonchev–Trinajstić information content (AvgIpc) is 2.76. The number of thioether (sulfide) groups is 2. The van der Waals surface area contributed by atoms with Gasteiger partial charge >= 0.3 is 11.9 Å². The third-order valence-electron chi connectivity index (χ3n) is 3.55. The van der Waals surface area contributed by atoms with Crippen molar-refractivity contribution in [1.29, 1.82) is 0 Å². The molecule has 0 aliphatic heterocycles. The summed E-state index contributed by atoms with van der Waals surface area (Å²) < 4.78 is 12.0. The Labute approximate surface area is 211 Å². The van der Waals surface area contributed by atoms with Crippen molar-refractivity contribution in [2.75, 3.05) is 24.7 Å². The molecule has 0 fully saturated rings. The lowest BCUT2D eigenvalue weighted by molar-refractivity contribution is -0.138. The molecule has 31 heavy (non-hydrogen) atoms. The van der Waals surface area contributed by atoms with Crippen LogP contribution in [0.1, 0.15) is 0 Å². The molecule has 164 valence electrons. The Kier molecular flexibility index (Phi) is 11.9. The second kappa shape index (κ2) is 14.1. The Balaban J connectivity index is 1.87.